The fourth-order valence-corrected chi connectivity index (χ4v) is 2.27. The predicted octanol–water partition coefficient (Wildman–Crippen LogP) is 4.21. The second-order valence-corrected chi connectivity index (χ2v) is 5.20. The number of carbonyl (C=O) groups is 1. The van der Waals surface area contributed by atoms with Crippen LogP contribution in [0.3, 0.4) is 0 Å². The minimum Gasteiger partial charge on any atom is -0.338 e. The molecule has 3 aromatic rings. The Labute approximate surface area is 128 Å². The summed E-state index contributed by atoms with van der Waals surface area (Å²) in [7, 11) is 0. The van der Waals surface area contributed by atoms with Crippen LogP contribution >= 0.6 is 0 Å². The molecule has 110 valence electrons. The molecule has 0 saturated heterocycles. The van der Waals surface area contributed by atoms with Gasteiger partial charge in [-0.1, -0.05) is 53.2 Å². The predicted molar refractivity (Wildman–Crippen MR) is 85.8 cm³/mol. The van der Waals surface area contributed by atoms with E-state index in [1.165, 1.54) is 5.56 Å². The molecular formula is C18H16N2O2. The fourth-order valence-electron chi connectivity index (χ4n) is 2.27. The van der Waals surface area contributed by atoms with Crippen LogP contribution in [0.5, 0.6) is 0 Å². The van der Waals surface area contributed by atoms with Gasteiger partial charge >= 0.3 is 0 Å². The topological polar surface area (TPSA) is 55.1 Å². The number of amides is 1. The molecule has 1 heterocycles. The maximum Gasteiger partial charge on any atom is 0.258 e. The van der Waals surface area contributed by atoms with Crippen molar-refractivity contribution >= 4 is 11.8 Å². The Bertz CT molecular complexity index is 804. The largest absolute Gasteiger partial charge is 0.338 e. The molecule has 0 fully saturated rings. The van der Waals surface area contributed by atoms with Crippen LogP contribution in [0.4, 0.5) is 5.88 Å². The van der Waals surface area contributed by atoms with Crippen LogP contribution in [0.2, 0.25) is 0 Å². The van der Waals surface area contributed by atoms with Gasteiger partial charge in [0.15, 0.2) is 0 Å². The number of carbonyl (C=O) groups excluding carboxylic acids is 1. The first-order valence-electron chi connectivity index (χ1n) is 7.04. The zero-order valence-corrected chi connectivity index (χ0v) is 12.5. The van der Waals surface area contributed by atoms with Crippen LogP contribution in [0.1, 0.15) is 21.5 Å². The lowest BCUT2D eigenvalue weighted by molar-refractivity contribution is 0.102. The summed E-state index contributed by atoms with van der Waals surface area (Å²) in [5.41, 5.74) is 4.42. The number of nitrogens with zero attached hydrogens (tertiary/aromatic N) is 1. The minimum atomic E-state index is -0.205. The summed E-state index contributed by atoms with van der Waals surface area (Å²) in [5, 5.41) is 6.59. The third-order valence-corrected chi connectivity index (χ3v) is 3.55. The van der Waals surface area contributed by atoms with E-state index in [2.05, 4.69) is 10.5 Å². The van der Waals surface area contributed by atoms with E-state index in [1.807, 2.05) is 56.3 Å². The number of rotatable bonds is 3. The molecule has 0 aliphatic carbocycles. The molecule has 0 unspecified atom stereocenters. The summed E-state index contributed by atoms with van der Waals surface area (Å²) in [6.07, 6.45) is 1.61. The summed E-state index contributed by atoms with van der Waals surface area (Å²) in [5.74, 6) is 0.153. The zero-order valence-electron chi connectivity index (χ0n) is 12.5. The molecule has 0 spiro atoms. The van der Waals surface area contributed by atoms with Crippen molar-refractivity contribution in [3.8, 4) is 11.1 Å². The molecule has 4 nitrogen and oxygen atoms in total. The Morgan fingerprint density at radius 1 is 1.05 bits per heavy atom. The van der Waals surface area contributed by atoms with E-state index in [4.69, 9.17) is 4.52 Å². The highest BCUT2D eigenvalue weighted by Crippen LogP contribution is 2.28. The maximum atomic E-state index is 12.4. The molecule has 3 rings (SSSR count). The number of nitrogens with one attached hydrogen (secondary N) is 1. The third kappa shape index (κ3) is 2.76. The Balaban J connectivity index is 1.88. The van der Waals surface area contributed by atoms with E-state index in [0.29, 0.717) is 11.4 Å². The van der Waals surface area contributed by atoms with Crippen LogP contribution in [-0.4, -0.2) is 11.1 Å². The highest BCUT2D eigenvalue weighted by molar-refractivity contribution is 6.06. The van der Waals surface area contributed by atoms with Crippen LogP contribution < -0.4 is 5.32 Å². The van der Waals surface area contributed by atoms with Crippen molar-refractivity contribution < 1.29 is 9.32 Å². The molecule has 0 aliphatic heterocycles. The molecule has 0 aliphatic rings. The molecule has 22 heavy (non-hydrogen) atoms. The number of aryl methyl sites for hydroxylation is 2. The van der Waals surface area contributed by atoms with Crippen LogP contribution in [0.25, 0.3) is 11.1 Å². The number of hydrogen-bond acceptors (Lipinski definition) is 3. The lowest BCUT2D eigenvalue weighted by Gasteiger charge is -2.06. The van der Waals surface area contributed by atoms with Crippen molar-refractivity contribution in [3.05, 3.63) is 71.4 Å². The van der Waals surface area contributed by atoms with E-state index in [0.717, 1.165) is 16.7 Å². The summed E-state index contributed by atoms with van der Waals surface area (Å²) in [4.78, 5) is 12.4. The molecule has 1 amide bonds. The molecule has 2 aromatic carbocycles. The van der Waals surface area contributed by atoms with Gasteiger partial charge in [-0.2, -0.15) is 0 Å². The van der Waals surface area contributed by atoms with Gasteiger partial charge in [0, 0.05) is 5.56 Å². The second kappa shape index (κ2) is 5.85. The van der Waals surface area contributed by atoms with Gasteiger partial charge in [-0.05, 0) is 31.0 Å². The zero-order chi connectivity index (χ0) is 15.5. The Morgan fingerprint density at radius 3 is 2.50 bits per heavy atom. The summed E-state index contributed by atoms with van der Waals surface area (Å²) in [6.45, 7) is 3.93. The molecule has 1 N–H and O–H groups in total. The lowest BCUT2D eigenvalue weighted by atomic mass is 10.1. The minimum absolute atomic E-state index is 0.205. The van der Waals surface area contributed by atoms with Gasteiger partial charge < -0.3 is 4.52 Å². The van der Waals surface area contributed by atoms with Crippen molar-refractivity contribution in [3.63, 3.8) is 0 Å². The smallest absolute Gasteiger partial charge is 0.258 e. The van der Waals surface area contributed by atoms with E-state index < -0.39 is 0 Å². The van der Waals surface area contributed by atoms with Crippen LogP contribution in [-0.2, 0) is 0 Å². The van der Waals surface area contributed by atoms with Gasteiger partial charge in [0.2, 0.25) is 5.88 Å². The van der Waals surface area contributed by atoms with Gasteiger partial charge in [0.05, 0.1) is 11.8 Å². The first-order chi connectivity index (χ1) is 10.6. The van der Waals surface area contributed by atoms with Crippen molar-refractivity contribution in [2.24, 2.45) is 0 Å². The van der Waals surface area contributed by atoms with Gasteiger partial charge in [-0.15, -0.1) is 0 Å². The normalized spacial score (nSPS) is 10.5. The van der Waals surface area contributed by atoms with E-state index >= 15 is 0 Å². The molecule has 0 radical (unpaired) electrons. The van der Waals surface area contributed by atoms with Gasteiger partial charge in [0.1, 0.15) is 0 Å². The quantitative estimate of drug-likeness (QED) is 0.786. The van der Waals surface area contributed by atoms with E-state index in [9.17, 15) is 4.79 Å². The number of hydrogen-bond donors (Lipinski definition) is 1. The highest BCUT2D eigenvalue weighted by Gasteiger charge is 2.15. The first-order valence-corrected chi connectivity index (χ1v) is 7.04. The van der Waals surface area contributed by atoms with Crippen molar-refractivity contribution in [1.29, 1.82) is 0 Å². The van der Waals surface area contributed by atoms with Crippen molar-refractivity contribution in [2.75, 3.05) is 5.32 Å². The molecule has 0 bridgehead atoms. The van der Waals surface area contributed by atoms with Crippen molar-refractivity contribution in [1.82, 2.24) is 5.16 Å². The van der Waals surface area contributed by atoms with E-state index in [1.54, 1.807) is 12.3 Å². The number of anilines is 1. The van der Waals surface area contributed by atoms with Gasteiger partial charge in [-0.25, -0.2) is 0 Å². The van der Waals surface area contributed by atoms with Crippen LogP contribution in [0, 0.1) is 13.8 Å². The summed E-state index contributed by atoms with van der Waals surface area (Å²) in [6, 6.07) is 15.4. The molecule has 0 saturated carbocycles. The third-order valence-electron chi connectivity index (χ3n) is 3.55. The van der Waals surface area contributed by atoms with Crippen molar-refractivity contribution in [2.45, 2.75) is 13.8 Å². The standard InChI is InChI=1S/C18H16N2O2/c1-12-7-9-14(10-8-12)16-11-19-22-18(16)20-17(21)15-6-4-3-5-13(15)2/h3-11H,1-2H3,(H,20,21). The Morgan fingerprint density at radius 2 is 1.77 bits per heavy atom. The SMILES string of the molecule is Cc1ccc(-c2cnoc2NC(=O)c2ccccc2C)cc1. The average Bonchev–Trinajstić information content (AvgIpc) is 2.96. The Kier molecular flexibility index (Phi) is 3.74. The number of benzene rings is 2. The lowest BCUT2D eigenvalue weighted by Crippen LogP contribution is -2.13. The summed E-state index contributed by atoms with van der Waals surface area (Å²) >= 11 is 0. The highest BCUT2D eigenvalue weighted by atomic mass is 16.5. The molecule has 4 heteroatoms. The van der Waals surface area contributed by atoms with Gasteiger partial charge in [0.25, 0.3) is 5.91 Å². The first kappa shape index (κ1) is 14.1. The average molecular weight is 292 g/mol. The Hall–Kier alpha value is -2.88. The molecular weight excluding hydrogens is 276 g/mol. The summed E-state index contributed by atoms with van der Waals surface area (Å²) < 4.78 is 5.20. The van der Waals surface area contributed by atoms with Crippen LogP contribution in [0.15, 0.2) is 59.3 Å². The van der Waals surface area contributed by atoms with Gasteiger partial charge in [-0.3, -0.25) is 10.1 Å². The monoisotopic (exact) mass is 292 g/mol. The number of aromatic nitrogens is 1. The maximum absolute atomic E-state index is 12.4. The second-order valence-electron chi connectivity index (χ2n) is 5.20. The molecule has 1 aromatic heterocycles. The fraction of sp³-hybridized carbons (Fsp3) is 0.111. The van der Waals surface area contributed by atoms with E-state index in [-0.39, 0.29) is 5.91 Å². The molecule has 0 atom stereocenters.